The molecule has 150 valence electrons. The molecule has 0 aliphatic heterocycles. The Bertz CT molecular complexity index is 968. The smallest absolute Gasteiger partial charge is 0.165 e. The van der Waals surface area contributed by atoms with Gasteiger partial charge in [0.2, 0.25) is 0 Å². The number of nitrogens with zero attached hydrogens (tertiary/aromatic N) is 3. The number of aromatic nitrogens is 3. The van der Waals surface area contributed by atoms with Gasteiger partial charge in [-0.05, 0) is 49.1 Å². The summed E-state index contributed by atoms with van der Waals surface area (Å²) in [5, 5.41) is 0. The standard InChI is InChI=1S/C22H28FN3O2/c1-6-15(9-11-27-4)26-20(7-2)25-21-16(8-10-24-22(21)26)17-13-18(23)19(28-5)12-14(17)3/h8,10,12-13,15H,6-7,9,11H2,1-5H3. The summed E-state index contributed by atoms with van der Waals surface area (Å²) in [4.78, 5) is 9.54. The average molecular weight is 385 g/mol. The first-order valence-electron chi connectivity index (χ1n) is 9.74. The van der Waals surface area contributed by atoms with E-state index in [2.05, 4.69) is 23.4 Å². The zero-order valence-corrected chi connectivity index (χ0v) is 17.3. The lowest BCUT2D eigenvalue weighted by molar-refractivity contribution is 0.177. The van der Waals surface area contributed by atoms with Crippen molar-refractivity contribution in [3.8, 4) is 16.9 Å². The highest BCUT2D eigenvalue weighted by atomic mass is 19.1. The largest absolute Gasteiger partial charge is 0.494 e. The van der Waals surface area contributed by atoms with Gasteiger partial charge in [-0.2, -0.15) is 0 Å². The van der Waals surface area contributed by atoms with Gasteiger partial charge in [-0.25, -0.2) is 14.4 Å². The van der Waals surface area contributed by atoms with Crippen LogP contribution >= 0.6 is 0 Å². The monoisotopic (exact) mass is 385 g/mol. The van der Waals surface area contributed by atoms with Crippen LogP contribution in [0.2, 0.25) is 0 Å². The number of rotatable bonds is 8. The number of ether oxygens (including phenoxy) is 2. The number of fused-ring (bicyclic) bond motifs is 1. The van der Waals surface area contributed by atoms with Crippen LogP contribution < -0.4 is 4.74 Å². The first-order valence-corrected chi connectivity index (χ1v) is 9.74. The Hall–Kier alpha value is -2.47. The van der Waals surface area contributed by atoms with E-state index < -0.39 is 0 Å². The molecule has 1 unspecified atom stereocenters. The molecule has 0 spiro atoms. The Morgan fingerprint density at radius 1 is 1.18 bits per heavy atom. The van der Waals surface area contributed by atoms with Gasteiger partial charge in [0.1, 0.15) is 11.3 Å². The van der Waals surface area contributed by atoms with E-state index in [0.717, 1.165) is 52.9 Å². The first kappa shape index (κ1) is 20.3. The molecule has 0 saturated heterocycles. The third kappa shape index (κ3) is 3.61. The van der Waals surface area contributed by atoms with E-state index in [9.17, 15) is 4.39 Å². The van der Waals surface area contributed by atoms with Crippen molar-refractivity contribution in [1.29, 1.82) is 0 Å². The summed E-state index contributed by atoms with van der Waals surface area (Å²) in [6.45, 7) is 6.90. The summed E-state index contributed by atoms with van der Waals surface area (Å²) >= 11 is 0. The van der Waals surface area contributed by atoms with Crippen LogP contribution in [0.5, 0.6) is 5.75 Å². The van der Waals surface area contributed by atoms with Gasteiger partial charge < -0.3 is 14.0 Å². The maximum Gasteiger partial charge on any atom is 0.165 e. The minimum atomic E-state index is -0.380. The second kappa shape index (κ2) is 8.69. The molecule has 1 atom stereocenters. The Morgan fingerprint density at radius 2 is 1.96 bits per heavy atom. The van der Waals surface area contributed by atoms with E-state index in [1.54, 1.807) is 19.4 Å². The minimum absolute atomic E-state index is 0.247. The third-order valence-corrected chi connectivity index (χ3v) is 5.25. The van der Waals surface area contributed by atoms with E-state index >= 15 is 0 Å². The van der Waals surface area contributed by atoms with Crippen LogP contribution in [-0.2, 0) is 11.2 Å². The first-order chi connectivity index (χ1) is 13.5. The number of halogens is 1. The fourth-order valence-corrected chi connectivity index (χ4v) is 3.76. The highest BCUT2D eigenvalue weighted by Crippen LogP contribution is 2.35. The molecule has 0 radical (unpaired) electrons. The van der Waals surface area contributed by atoms with Gasteiger partial charge >= 0.3 is 0 Å². The molecule has 0 amide bonds. The third-order valence-electron chi connectivity index (χ3n) is 5.25. The molecule has 5 nitrogen and oxygen atoms in total. The van der Waals surface area contributed by atoms with Crippen molar-refractivity contribution in [3.63, 3.8) is 0 Å². The summed E-state index contributed by atoms with van der Waals surface area (Å²) < 4.78 is 27.0. The van der Waals surface area contributed by atoms with Gasteiger partial charge in [0.15, 0.2) is 17.2 Å². The molecule has 3 aromatic rings. The molecule has 2 aromatic heterocycles. The zero-order valence-electron chi connectivity index (χ0n) is 17.3. The van der Waals surface area contributed by atoms with Crippen LogP contribution in [0.4, 0.5) is 4.39 Å². The lowest BCUT2D eigenvalue weighted by atomic mass is 10.00. The highest BCUT2D eigenvalue weighted by Gasteiger charge is 2.21. The van der Waals surface area contributed by atoms with E-state index in [0.29, 0.717) is 6.61 Å². The second-order valence-electron chi connectivity index (χ2n) is 6.93. The van der Waals surface area contributed by atoms with Crippen LogP contribution in [0.1, 0.15) is 44.1 Å². The normalized spacial score (nSPS) is 12.5. The van der Waals surface area contributed by atoms with Crippen LogP contribution in [0, 0.1) is 12.7 Å². The summed E-state index contributed by atoms with van der Waals surface area (Å²) in [6, 6.07) is 5.41. The number of imidazole rings is 1. The number of benzene rings is 1. The van der Waals surface area contributed by atoms with Crippen molar-refractivity contribution in [2.24, 2.45) is 0 Å². The van der Waals surface area contributed by atoms with Crippen LogP contribution in [-0.4, -0.2) is 35.4 Å². The van der Waals surface area contributed by atoms with Gasteiger partial charge in [0, 0.05) is 37.9 Å². The second-order valence-corrected chi connectivity index (χ2v) is 6.93. The van der Waals surface area contributed by atoms with Gasteiger partial charge in [-0.3, -0.25) is 0 Å². The van der Waals surface area contributed by atoms with Crippen LogP contribution in [0.15, 0.2) is 24.4 Å². The molecule has 0 fully saturated rings. The molecule has 0 aliphatic carbocycles. The predicted molar refractivity (Wildman–Crippen MR) is 109 cm³/mol. The lowest BCUT2D eigenvalue weighted by Crippen LogP contribution is -2.14. The van der Waals surface area contributed by atoms with Gasteiger partial charge in [-0.1, -0.05) is 13.8 Å². The summed E-state index contributed by atoms with van der Waals surface area (Å²) in [6.07, 6.45) is 4.44. The Morgan fingerprint density at radius 3 is 2.61 bits per heavy atom. The van der Waals surface area contributed by atoms with E-state index in [1.807, 2.05) is 13.0 Å². The molecule has 1 aromatic carbocycles. The van der Waals surface area contributed by atoms with Gasteiger partial charge in [0.05, 0.1) is 7.11 Å². The zero-order chi connectivity index (χ0) is 20.3. The van der Waals surface area contributed by atoms with Crippen LogP contribution in [0.3, 0.4) is 0 Å². The quantitative estimate of drug-likeness (QED) is 0.541. The van der Waals surface area contributed by atoms with Crippen molar-refractivity contribution in [2.45, 2.75) is 46.1 Å². The van der Waals surface area contributed by atoms with Crippen molar-refractivity contribution < 1.29 is 13.9 Å². The predicted octanol–water partition coefficient (Wildman–Crippen LogP) is 5.10. The van der Waals surface area contributed by atoms with E-state index in [-0.39, 0.29) is 17.6 Å². The van der Waals surface area contributed by atoms with Crippen molar-refractivity contribution >= 4 is 11.2 Å². The molecule has 0 saturated carbocycles. The van der Waals surface area contributed by atoms with Gasteiger partial charge in [0.25, 0.3) is 0 Å². The Labute approximate surface area is 165 Å². The number of methoxy groups -OCH3 is 2. The van der Waals surface area contributed by atoms with E-state index in [1.165, 1.54) is 13.2 Å². The van der Waals surface area contributed by atoms with E-state index in [4.69, 9.17) is 14.5 Å². The fraction of sp³-hybridized carbons (Fsp3) is 0.455. The Kier molecular flexibility index (Phi) is 6.29. The number of hydrogen-bond acceptors (Lipinski definition) is 4. The SMILES string of the molecule is CCc1nc2c(-c3cc(F)c(OC)cc3C)ccnc2n1C(CC)CCOC. The molecule has 0 N–H and O–H groups in total. The molecule has 3 rings (SSSR count). The summed E-state index contributed by atoms with van der Waals surface area (Å²) in [5.41, 5.74) is 4.28. The molecular formula is C22H28FN3O2. The summed E-state index contributed by atoms with van der Waals surface area (Å²) in [7, 11) is 3.19. The number of pyridine rings is 1. The van der Waals surface area contributed by atoms with Crippen molar-refractivity contribution in [3.05, 3.63) is 41.6 Å². The molecule has 0 aliphatic rings. The number of aryl methyl sites for hydroxylation is 2. The maximum absolute atomic E-state index is 14.4. The molecular weight excluding hydrogens is 357 g/mol. The van der Waals surface area contributed by atoms with Crippen molar-refractivity contribution in [2.75, 3.05) is 20.8 Å². The van der Waals surface area contributed by atoms with Crippen LogP contribution in [0.25, 0.3) is 22.3 Å². The lowest BCUT2D eigenvalue weighted by Gasteiger charge is -2.19. The minimum Gasteiger partial charge on any atom is -0.494 e. The summed E-state index contributed by atoms with van der Waals surface area (Å²) in [5.74, 6) is 0.858. The molecule has 0 bridgehead atoms. The molecule has 6 heteroatoms. The average Bonchev–Trinajstić information content (AvgIpc) is 3.09. The fourth-order valence-electron chi connectivity index (χ4n) is 3.76. The molecule has 28 heavy (non-hydrogen) atoms. The maximum atomic E-state index is 14.4. The number of hydrogen-bond donors (Lipinski definition) is 0. The molecule has 2 heterocycles. The Balaban J connectivity index is 2.21. The topological polar surface area (TPSA) is 49.2 Å². The van der Waals surface area contributed by atoms with Crippen molar-refractivity contribution in [1.82, 2.24) is 14.5 Å². The van der Waals surface area contributed by atoms with Gasteiger partial charge in [-0.15, -0.1) is 0 Å². The highest BCUT2D eigenvalue weighted by molar-refractivity contribution is 5.91.